The van der Waals surface area contributed by atoms with E-state index in [9.17, 15) is 0 Å². The van der Waals surface area contributed by atoms with Gasteiger partial charge in [0.25, 0.3) is 0 Å². The van der Waals surface area contributed by atoms with Gasteiger partial charge in [0.05, 0.1) is 11.8 Å². The molecule has 2 aliphatic heterocycles. The van der Waals surface area contributed by atoms with Crippen LogP contribution in [0.1, 0.15) is 25.7 Å². The number of hydrogen-bond donors (Lipinski definition) is 1. The Bertz CT molecular complexity index is 195. The summed E-state index contributed by atoms with van der Waals surface area (Å²) in [7, 11) is 2.13. The minimum atomic E-state index is 0. The summed E-state index contributed by atoms with van der Waals surface area (Å²) in [5.41, 5.74) is 0.995. The van der Waals surface area contributed by atoms with E-state index in [-0.39, 0.29) is 12.4 Å². The van der Waals surface area contributed by atoms with Gasteiger partial charge in [-0.3, -0.25) is 4.90 Å². The second-order valence-electron chi connectivity index (χ2n) is 3.56. The molecule has 2 fully saturated rings. The Balaban J connectivity index is 0.000000720. The Morgan fingerprint density at radius 3 is 2.83 bits per heavy atom. The highest BCUT2D eigenvalue weighted by molar-refractivity contribution is 5.91. The lowest BCUT2D eigenvalue weighted by atomic mass is 10.0. The molecule has 0 spiro atoms. The number of fused-ring (bicyclic) bond motifs is 2. The highest BCUT2D eigenvalue weighted by Crippen LogP contribution is 2.32. The lowest BCUT2D eigenvalue weighted by Gasteiger charge is -2.29. The Kier molecular flexibility index (Phi) is 2.96. The quantitative estimate of drug-likeness (QED) is 0.464. The van der Waals surface area contributed by atoms with Crippen molar-refractivity contribution in [3.63, 3.8) is 0 Å². The van der Waals surface area contributed by atoms with E-state index in [0.717, 1.165) is 12.1 Å². The van der Waals surface area contributed by atoms with Crippen LogP contribution in [0.15, 0.2) is 5.16 Å². The summed E-state index contributed by atoms with van der Waals surface area (Å²) < 4.78 is 0. The fourth-order valence-corrected chi connectivity index (χ4v) is 2.34. The summed E-state index contributed by atoms with van der Waals surface area (Å²) in [6, 6.07) is 1.10. The first-order chi connectivity index (χ1) is 5.33. The van der Waals surface area contributed by atoms with Crippen LogP contribution in [0.25, 0.3) is 0 Å². The normalized spacial score (nSPS) is 38.2. The second kappa shape index (κ2) is 3.62. The van der Waals surface area contributed by atoms with Gasteiger partial charge in [0.1, 0.15) is 0 Å². The van der Waals surface area contributed by atoms with Gasteiger partial charge in [0.2, 0.25) is 0 Å². The van der Waals surface area contributed by atoms with Gasteiger partial charge in [-0.15, -0.1) is 12.4 Å². The van der Waals surface area contributed by atoms with Crippen molar-refractivity contribution in [2.45, 2.75) is 37.8 Å². The van der Waals surface area contributed by atoms with Gasteiger partial charge in [-0.2, -0.15) is 0 Å². The van der Waals surface area contributed by atoms with Crippen molar-refractivity contribution in [1.82, 2.24) is 4.90 Å². The SMILES string of the molecule is CN1C2CCCC1/C(=N/O)C2.Cl. The summed E-state index contributed by atoms with van der Waals surface area (Å²) in [4.78, 5) is 2.35. The Labute approximate surface area is 78.8 Å². The van der Waals surface area contributed by atoms with E-state index >= 15 is 0 Å². The molecule has 0 aromatic rings. The molecule has 0 aromatic heterocycles. The van der Waals surface area contributed by atoms with Crippen molar-refractivity contribution in [2.24, 2.45) is 5.16 Å². The standard InChI is InChI=1S/C8H14N2O.ClH/c1-10-6-3-2-4-8(10)7(5-6)9-11;/h6,8,11H,2-5H2,1H3;1H/b9-7+;. The lowest BCUT2D eigenvalue weighted by Crippen LogP contribution is -2.37. The van der Waals surface area contributed by atoms with E-state index < -0.39 is 0 Å². The molecule has 3 nitrogen and oxygen atoms in total. The number of halogens is 1. The monoisotopic (exact) mass is 190 g/mol. The Morgan fingerprint density at radius 1 is 1.50 bits per heavy atom. The van der Waals surface area contributed by atoms with E-state index in [1.54, 1.807) is 0 Å². The highest BCUT2D eigenvalue weighted by atomic mass is 35.5. The maximum atomic E-state index is 8.69. The molecule has 70 valence electrons. The van der Waals surface area contributed by atoms with Gasteiger partial charge in [0.15, 0.2) is 0 Å². The molecule has 2 saturated heterocycles. The van der Waals surface area contributed by atoms with Crippen molar-refractivity contribution in [3.05, 3.63) is 0 Å². The molecule has 2 atom stereocenters. The zero-order valence-electron chi connectivity index (χ0n) is 7.23. The molecule has 0 aromatic carbocycles. The second-order valence-corrected chi connectivity index (χ2v) is 3.56. The first-order valence-electron chi connectivity index (χ1n) is 4.25. The largest absolute Gasteiger partial charge is 0.411 e. The van der Waals surface area contributed by atoms with E-state index in [1.807, 2.05) is 0 Å². The lowest BCUT2D eigenvalue weighted by molar-refractivity contribution is 0.189. The predicted molar refractivity (Wildman–Crippen MR) is 50.3 cm³/mol. The fourth-order valence-electron chi connectivity index (χ4n) is 2.34. The molecule has 2 rings (SSSR count). The number of nitrogens with zero attached hydrogens (tertiary/aromatic N) is 2. The number of oxime groups is 1. The maximum absolute atomic E-state index is 8.69. The van der Waals surface area contributed by atoms with Crippen LogP contribution in [0.3, 0.4) is 0 Å². The van der Waals surface area contributed by atoms with Gasteiger partial charge in [-0.05, 0) is 26.3 Å². The first kappa shape index (κ1) is 9.81. The van der Waals surface area contributed by atoms with Gasteiger partial charge < -0.3 is 5.21 Å². The van der Waals surface area contributed by atoms with Crippen LogP contribution in [0.5, 0.6) is 0 Å². The average Bonchev–Trinajstić information content (AvgIpc) is 2.23. The van der Waals surface area contributed by atoms with Crippen LogP contribution >= 0.6 is 12.4 Å². The molecule has 1 N–H and O–H groups in total. The number of hydrogen-bond acceptors (Lipinski definition) is 3. The van der Waals surface area contributed by atoms with Crippen LogP contribution in [0.2, 0.25) is 0 Å². The van der Waals surface area contributed by atoms with Crippen molar-refractivity contribution >= 4 is 18.1 Å². The van der Waals surface area contributed by atoms with E-state index in [1.165, 1.54) is 19.3 Å². The molecule has 2 unspecified atom stereocenters. The van der Waals surface area contributed by atoms with Crippen molar-refractivity contribution in [3.8, 4) is 0 Å². The molecule has 0 amide bonds. The van der Waals surface area contributed by atoms with Crippen LogP contribution in [-0.2, 0) is 0 Å². The van der Waals surface area contributed by atoms with E-state index in [0.29, 0.717) is 12.1 Å². The topological polar surface area (TPSA) is 35.8 Å². The first-order valence-corrected chi connectivity index (χ1v) is 4.25. The molecule has 0 radical (unpaired) electrons. The summed E-state index contributed by atoms with van der Waals surface area (Å²) >= 11 is 0. The maximum Gasteiger partial charge on any atom is 0.0757 e. The minimum Gasteiger partial charge on any atom is -0.411 e. The molecule has 4 heteroatoms. The van der Waals surface area contributed by atoms with Crippen LogP contribution in [0, 0.1) is 0 Å². The molecule has 2 heterocycles. The molecular formula is C8H15ClN2O. The van der Waals surface area contributed by atoms with Gasteiger partial charge in [0, 0.05) is 12.5 Å². The van der Waals surface area contributed by atoms with Crippen LogP contribution in [-0.4, -0.2) is 35.0 Å². The Hall–Kier alpha value is -0.280. The van der Waals surface area contributed by atoms with Crippen molar-refractivity contribution in [1.29, 1.82) is 0 Å². The van der Waals surface area contributed by atoms with Crippen molar-refractivity contribution < 1.29 is 5.21 Å². The zero-order chi connectivity index (χ0) is 7.84. The smallest absolute Gasteiger partial charge is 0.0757 e. The van der Waals surface area contributed by atoms with E-state index in [4.69, 9.17) is 5.21 Å². The average molecular weight is 191 g/mol. The van der Waals surface area contributed by atoms with Gasteiger partial charge in [-0.25, -0.2) is 0 Å². The van der Waals surface area contributed by atoms with Crippen LogP contribution < -0.4 is 0 Å². The third-order valence-corrected chi connectivity index (χ3v) is 3.04. The summed E-state index contributed by atoms with van der Waals surface area (Å²) in [5.74, 6) is 0. The molecule has 2 aliphatic rings. The molecular weight excluding hydrogens is 176 g/mol. The Morgan fingerprint density at radius 2 is 2.25 bits per heavy atom. The van der Waals surface area contributed by atoms with Gasteiger partial charge >= 0.3 is 0 Å². The summed E-state index contributed by atoms with van der Waals surface area (Å²) in [6.07, 6.45) is 4.72. The molecule has 0 aliphatic carbocycles. The molecule has 0 saturated carbocycles. The molecule has 2 bridgehead atoms. The molecule has 12 heavy (non-hydrogen) atoms. The highest BCUT2D eigenvalue weighted by Gasteiger charge is 2.38. The summed E-state index contributed by atoms with van der Waals surface area (Å²) in [6.45, 7) is 0. The summed E-state index contributed by atoms with van der Waals surface area (Å²) in [5, 5.41) is 12.0. The van der Waals surface area contributed by atoms with E-state index in [2.05, 4.69) is 17.1 Å². The number of piperidine rings is 1. The third kappa shape index (κ3) is 1.31. The fraction of sp³-hybridized carbons (Fsp3) is 0.875. The number of rotatable bonds is 0. The third-order valence-electron chi connectivity index (χ3n) is 3.04. The zero-order valence-corrected chi connectivity index (χ0v) is 8.05. The predicted octanol–water partition coefficient (Wildman–Crippen LogP) is 1.49. The minimum absolute atomic E-state index is 0. The van der Waals surface area contributed by atoms with Crippen molar-refractivity contribution in [2.75, 3.05) is 7.05 Å². The van der Waals surface area contributed by atoms with Crippen LogP contribution in [0.4, 0.5) is 0 Å². The van der Waals surface area contributed by atoms with Gasteiger partial charge in [-0.1, -0.05) is 5.16 Å².